The van der Waals surface area contributed by atoms with E-state index in [2.05, 4.69) is 5.32 Å². The highest BCUT2D eigenvalue weighted by molar-refractivity contribution is 6.30. The van der Waals surface area contributed by atoms with Crippen LogP contribution in [0.3, 0.4) is 0 Å². The van der Waals surface area contributed by atoms with Gasteiger partial charge in [-0.05, 0) is 49.6 Å². The van der Waals surface area contributed by atoms with Crippen LogP contribution >= 0.6 is 11.6 Å². The molecule has 0 aliphatic carbocycles. The molecule has 0 spiro atoms. The van der Waals surface area contributed by atoms with Crippen LogP contribution in [0.25, 0.3) is 0 Å². The molecular formula is C20H23ClN2O. The molecule has 24 heavy (non-hydrogen) atoms. The van der Waals surface area contributed by atoms with Crippen molar-refractivity contribution >= 4 is 23.3 Å². The molecule has 2 aromatic rings. The minimum atomic E-state index is -0.0271. The zero-order valence-corrected chi connectivity index (χ0v) is 14.7. The van der Waals surface area contributed by atoms with Crippen LogP contribution in [0.5, 0.6) is 0 Å². The largest absolute Gasteiger partial charge is 0.322 e. The normalized spacial score (nSPS) is 18.1. The number of nitrogens with zero attached hydrogens (tertiary/aromatic N) is 1. The standard InChI is InChI=1S/C20H23ClN2O/c1-15-6-12-18(13-7-15)22-20(24)23-14-4-2-3-5-19(23)16-8-10-17(21)11-9-16/h6-13,19H,2-5,14H2,1H3,(H,22,24)/t19-/m0/s1. The first-order chi connectivity index (χ1) is 11.6. The zero-order chi connectivity index (χ0) is 16.9. The van der Waals surface area contributed by atoms with Crippen LogP contribution in [0.15, 0.2) is 48.5 Å². The number of likely N-dealkylation sites (tertiary alicyclic amines) is 1. The van der Waals surface area contributed by atoms with E-state index in [1.165, 1.54) is 12.0 Å². The van der Waals surface area contributed by atoms with E-state index in [-0.39, 0.29) is 12.1 Å². The molecule has 3 nitrogen and oxygen atoms in total. The predicted molar refractivity (Wildman–Crippen MR) is 99.6 cm³/mol. The number of nitrogens with one attached hydrogen (secondary N) is 1. The van der Waals surface area contributed by atoms with Gasteiger partial charge in [0, 0.05) is 17.3 Å². The Morgan fingerprint density at radius 1 is 1.04 bits per heavy atom. The summed E-state index contributed by atoms with van der Waals surface area (Å²) in [5, 5.41) is 3.76. The van der Waals surface area contributed by atoms with Gasteiger partial charge in [-0.1, -0.05) is 54.3 Å². The van der Waals surface area contributed by atoms with E-state index in [0.717, 1.165) is 42.1 Å². The van der Waals surface area contributed by atoms with Gasteiger partial charge in [0.1, 0.15) is 0 Å². The Morgan fingerprint density at radius 3 is 2.46 bits per heavy atom. The Hall–Kier alpha value is -2.00. The van der Waals surface area contributed by atoms with Gasteiger partial charge in [0.15, 0.2) is 0 Å². The van der Waals surface area contributed by atoms with E-state index in [1.54, 1.807) is 0 Å². The number of halogens is 1. The van der Waals surface area contributed by atoms with Crippen molar-refractivity contribution in [3.8, 4) is 0 Å². The van der Waals surface area contributed by atoms with Gasteiger partial charge in [0.05, 0.1) is 6.04 Å². The molecule has 1 saturated heterocycles. The van der Waals surface area contributed by atoms with Crippen LogP contribution < -0.4 is 5.32 Å². The fraction of sp³-hybridized carbons (Fsp3) is 0.350. The van der Waals surface area contributed by atoms with Crippen molar-refractivity contribution in [2.75, 3.05) is 11.9 Å². The summed E-state index contributed by atoms with van der Waals surface area (Å²) in [4.78, 5) is 14.8. The molecule has 2 amide bonds. The average molecular weight is 343 g/mol. The molecule has 126 valence electrons. The molecule has 0 bridgehead atoms. The van der Waals surface area contributed by atoms with Crippen molar-refractivity contribution in [1.82, 2.24) is 4.90 Å². The number of hydrogen-bond acceptors (Lipinski definition) is 1. The van der Waals surface area contributed by atoms with Crippen molar-refractivity contribution in [3.05, 3.63) is 64.7 Å². The lowest BCUT2D eigenvalue weighted by molar-refractivity contribution is 0.189. The van der Waals surface area contributed by atoms with Gasteiger partial charge in [-0.2, -0.15) is 0 Å². The highest BCUT2D eigenvalue weighted by Crippen LogP contribution is 2.31. The van der Waals surface area contributed by atoms with Gasteiger partial charge in [0.25, 0.3) is 0 Å². The average Bonchev–Trinajstić information content (AvgIpc) is 2.84. The molecule has 1 heterocycles. The third kappa shape index (κ3) is 4.09. The number of rotatable bonds is 2. The molecule has 1 N–H and O–H groups in total. The van der Waals surface area contributed by atoms with Crippen molar-refractivity contribution < 1.29 is 4.79 Å². The van der Waals surface area contributed by atoms with Crippen LogP contribution in [0.1, 0.15) is 42.9 Å². The smallest absolute Gasteiger partial charge is 0.317 e. The lowest BCUT2D eigenvalue weighted by Gasteiger charge is -2.30. The number of aryl methyl sites for hydroxylation is 1. The summed E-state index contributed by atoms with van der Waals surface area (Å²) < 4.78 is 0. The molecule has 0 saturated carbocycles. The highest BCUT2D eigenvalue weighted by atomic mass is 35.5. The summed E-state index contributed by atoms with van der Waals surface area (Å²) >= 11 is 6.01. The lowest BCUT2D eigenvalue weighted by atomic mass is 10.0. The molecule has 1 aliphatic rings. The summed E-state index contributed by atoms with van der Waals surface area (Å²) in [6.07, 6.45) is 4.34. The van der Waals surface area contributed by atoms with Crippen LogP contribution in [0.4, 0.5) is 10.5 Å². The Kier molecular flexibility index (Phi) is 5.41. The highest BCUT2D eigenvalue weighted by Gasteiger charge is 2.26. The molecule has 3 rings (SSSR count). The molecule has 0 radical (unpaired) electrons. The maximum absolute atomic E-state index is 12.8. The molecule has 2 aromatic carbocycles. The fourth-order valence-electron chi connectivity index (χ4n) is 3.22. The number of anilines is 1. The molecule has 4 heteroatoms. The first-order valence-electron chi connectivity index (χ1n) is 8.53. The number of carbonyl (C=O) groups excluding carboxylic acids is 1. The topological polar surface area (TPSA) is 32.3 Å². The number of urea groups is 1. The Morgan fingerprint density at radius 2 is 1.75 bits per heavy atom. The Balaban J connectivity index is 1.79. The molecule has 0 aromatic heterocycles. The second-order valence-corrected chi connectivity index (χ2v) is 6.84. The maximum atomic E-state index is 12.8. The summed E-state index contributed by atoms with van der Waals surface area (Å²) in [6.45, 7) is 2.82. The van der Waals surface area contributed by atoms with E-state index in [0.29, 0.717) is 0 Å². The summed E-state index contributed by atoms with van der Waals surface area (Å²) in [7, 11) is 0. The van der Waals surface area contributed by atoms with E-state index < -0.39 is 0 Å². The van der Waals surface area contributed by atoms with E-state index in [9.17, 15) is 4.79 Å². The maximum Gasteiger partial charge on any atom is 0.322 e. The Bertz CT molecular complexity index is 682. The zero-order valence-electron chi connectivity index (χ0n) is 14.0. The lowest BCUT2D eigenvalue weighted by Crippen LogP contribution is -2.38. The quantitative estimate of drug-likeness (QED) is 0.735. The molecule has 1 atom stereocenters. The van der Waals surface area contributed by atoms with Crippen molar-refractivity contribution in [3.63, 3.8) is 0 Å². The van der Waals surface area contributed by atoms with E-state index in [4.69, 9.17) is 11.6 Å². The number of carbonyl (C=O) groups is 1. The number of amides is 2. The number of benzene rings is 2. The molecular weight excluding hydrogens is 320 g/mol. The van der Waals surface area contributed by atoms with Crippen LogP contribution in [-0.2, 0) is 0 Å². The first kappa shape index (κ1) is 16.8. The van der Waals surface area contributed by atoms with Crippen LogP contribution in [0.2, 0.25) is 5.02 Å². The summed E-state index contributed by atoms with van der Waals surface area (Å²) in [5.74, 6) is 0. The number of hydrogen-bond donors (Lipinski definition) is 1. The Labute approximate surface area is 148 Å². The third-order valence-corrected chi connectivity index (χ3v) is 4.82. The second kappa shape index (κ2) is 7.71. The second-order valence-electron chi connectivity index (χ2n) is 6.41. The third-order valence-electron chi connectivity index (χ3n) is 4.57. The van der Waals surface area contributed by atoms with Gasteiger partial charge >= 0.3 is 6.03 Å². The first-order valence-corrected chi connectivity index (χ1v) is 8.91. The van der Waals surface area contributed by atoms with Crippen molar-refractivity contribution in [2.24, 2.45) is 0 Å². The predicted octanol–water partition coefficient (Wildman–Crippen LogP) is 5.80. The monoisotopic (exact) mass is 342 g/mol. The minimum Gasteiger partial charge on any atom is -0.317 e. The molecule has 1 aliphatic heterocycles. The van der Waals surface area contributed by atoms with Crippen molar-refractivity contribution in [2.45, 2.75) is 38.6 Å². The van der Waals surface area contributed by atoms with E-state index >= 15 is 0 Å². The summed E-state index contributed by atoms with van der Waals surface area (Å²) in [5.41, 5.74) is 3.17. The van der Waals surface area contributed by atoms with Crippen LogP contribution in [0, 0.1) is 6.92 Å². The van der Waals surface area contributed by atoms with Gasteiger partial charge in [-0.25, -0.2) is 4.79 Å². The fourth-order valence-corrected chi connectivity index (χ4v) is 3.34. The molecule has 0 unspecified atom stereocenters. The van der Waals surface area contributed by atoms with Gasteiger partial charge in [0.2, 0.25) is 0 Å². The van der Waals surface area contributed by atoms with Gasteiger partial charge in [-0.15, -0.1) is 0 Å². The summed E-state index contributed by atoms with van der Waals surface area (Å²) in [6, 6.07) is 15.9. The van der Waals surface area contributed by atoms with E-state index in [1.807, 2.05) is 60.4 Å². The van der Waals surface area contributed by atoms with Crippen LogP contribution in [-0.4, -0.2) is 17.5 Å². The minimum absolute atomic E-state index is 0.0271. The van der Waals surface area contributed by atoms with Gasteiger partial charge in [-0.3, -0.25) is 0 Å². The molecule has 1 fully saturated rings. The van der Waals surface area contributed by atoms with Gasteiger partial charge < -0.3 is 10.2 Å². The SMILES string of the molecule is Cc1ccc(NC(=O)N2CCCCC[C@H]2c2ccc(Cl)cc2)cc1. The van der Waals surface area contributed by atoms with Crippen molar-refractivity contribution in [1.29, 1.82) is 0 Å².